The van der Waals surface area contributed by atoms with Crippen molar-refractivity contribution >= 4 is 5.91 Å². The van der Waals surface area contributed by atoms with Crippen LogP contribution in [-0.2, 0) is 4.79 Å². The maximum Gasteiger partial charge on any atom is 0.260 e. The predicted molar refractivity (Wildman–Crippen MR) is 60.1 cm³/mol. The third kappa shape index (κ3) is 1.90. The van der Waals surface area contributed by atoms with Gasteiger partial charge in [0.15, 0.2) is 6.61 Å². The standard InChI is InChI=1S/C13H15NO2/c15-13(14-7-10-6-11(10)8-14)9-16-12-4-2-1-3-5-12/h1-5,10-11H,6-9H2. The lowest BCUT2D eigenvalue weighted by Crippen LogP contribution is -2.34. The topological polar surface area (TPSA) is 29.5 Å². The van der Waals surface area contributed by atoms with Crippen molar-refractivity contribution in [2.75, 3.05) is 19.7 Å². The van der Waals surface area contributed by atoms with Gasteiger partial charge in [-0.15, -0.1) is 0 Å². The van der Waals surface area contributed by atoms with Gasteiger partial charge in [0.25, 0.3) is 5.91 Å². The summed E-state index contributed by atoms with van der Waals surface area (Å²) in [7, 11) is 0. The molecule has 0 spiro atoms. The van der Waals surface area contributed by atoms with Crippen molar-refractivity contribution < 1.29 is 9.53 Å². The second-order valence-corrected chi connectivity index (χ2v) is 4.66. The van der Waals surface area contributed by atoms with E-state index in [4.69, 9.17) is 4.74 Å². The van der Waals surface area contributed by atoms with Crippen molar-refractivity contribution in [1.29, 1.82) is 0 Å². The zero-order valence-electron chi connectivity index (χ0n) is 9.13. The Morgan fingerprint density at radius 1 is 1.25 bits per heavy atom. The first-order chi connectivity index (χ1) is 7.83. The quantitative estimate of drug-likeness (QED) is 0.768. The van der Waals surface area contributed by atoms with Gasteiger partial charge in [0.1, 0.15) is 5.75 Å². The third-order valence-corrected chi connectivity index (χ3v) is 3.44. The Labute approximate surface area is 95.0 Å². The van der Waals surface area contributed by atoms with Gasteiger partial charge in [-0.2, -0.15) is 0 Å². The Morgan fingerprint density at radius 2 is 1.94 bits per heavy atom. The van der Waals surface area contributed by atoms with E-state index >= 15 is 0 Å². The highest BCUT2D eigenvalue weighted by Crippen LogP contribution is 2.44. The first-order valence-electron chi connectivity index (χ1n) is 5.78. The van der Waals surface area contributed by atoms with Gasteiger partial charge >= 0.3 is 0 Å². The van der Waals surface area contributed by atoms with Crippen LogP contribution in [0.4, 0.5) is 0 Å². The van der Waals surface area contributed by atoms with Crippen LogP contribution in [-0.4, -0.2) is 30.5 Å². The van der Waals surface area contributed by atoms with Crippen LogP contribution in [0.3, 0.4) is 0 Å². The summed E-state index contributed by atoms with van der Waals surface area (Å²) in [5, 5.41) is 0. The molecule has 1 aromatic carbocycles. The average molecular weight is 217 g/mol. The molecule has 0 N–H and O–H groups in total. The van der Waals surface area contributed by atoms with Gasteiger partial charge in [-0.1, -0.05) is 18.2 Å². The number of hydrogen-bond acceptors (Lipinski definition) is 2. The molecule has 3 heteroatoms. The molecular weight excluding hydrogens is 202 g/mol. The first-order valence-corrected chi connectivity index (χ1v) is 5.78. The van der Waals surface area contributed by atoms with Crippen molar-refractivity contribution in [3.8, 4) is 5.75 Å². The van der Waals surface area contributed by atoms with Gasteiger partial charge < -0.3 is 9.64 Å². The molecule has 0 aromatic heterocycles. The minimum Gasteiger partial charge on any atom is -0.484 e. The van der Waals surface area contributed by atoms with Gasteiger partial charge in [-0.05, 0) is 30.4 Å². The van der Waals surface area contributed by atoms with Crippen LogP contribution in [0.2, 0.25) is 0 Å². The predicted octanol–water partition coefficient (Wildman–Crippen LogP) is 1.54. The number of para-hydroxylation sites is 1. The molecule has 2 aliphatic rings. The highest BCUT2D eigenvalue weighted by atomic mass is 16.5. The second-order valence-electron chi connectivity index (χ2n) is 4.66. The molecule has 3 rings (SSSR count). The molecule has 1 aromatic rings. The number of carbonyl (C=O) groups is 1. The maximum atomic E-state index is 11.8. The van der Waals surface area contributed by atoms with E-state index in [1.807, 2.05) is 35.2 Å². The minimum absolute atomic E-state index is 0.121. The number of fused-ring (bicyclic) bond motifs is 1. The average Bonchev–Trinajstić information content (AvgIpc) is 2.94. The second kappa shape index (κ2) is 3.81. The SMILES string of the molecule is O=C(COc1ccccc1)N1CC2CC2C1. The van der Waals surface area contributed by atoms with E-state index < -0.39 is 0 Å². The lowest BCUT2D eigenvalue weighted by atomic mass is 10.3. The molecule has 1 amide bonds. The molecule has 16 heavy (non-hydrogen) atoms. The van der Waals surface area contributed by atoms with E-state index in [1.165, 1.54) is 6.42 Å². The Bertz CT molecular complexity index is 380. The Balaban J connectivity index is 1.50. The summed E-state index contributed by atoms with van der Waals surface area (Å²) in [5.74, 6) is 2.47. The summed E-state index contributed by atoms with van der Waals surface area (Å²) >= 11 is 0. The summed E-state index contributed by atoms with van der Waals surface area (Å²) in [6, 6.07) is 9.49. The number of hydrogen-bond donors (Lipinski definition) is 0. The Hall–Kier alpha value is -1.51. The van der Waals surface area contributed by atoms with E-state index in [0.717, 1.165) is 30.7 Å². The molecule has 0 radical (unpaired) electrons. The molecular formula is C13H15NO2. The van der Waals surface area contributed by atoms with Crippen LogP contribution in [0.1, 0.15) is 6.42 Å². The molecule has 1 aliphatic heterocycles. The number of likely N-dealkylation sites (tertiary alicyclic amines) is 1. The largest absolute Gasteiger partial charge is 0.484 e. The molecule has 2 fully saturated rings. The van der Waals surface area contributed by atoms with Crippen molar-refractivity contribution in [1.82, 2.24) is 4.90 Å². The van der Waals surface area contributed by atoms with E-state index in [-0.39, 0.29) is 12.5 Å². The summed E-state index contributed by atoms with van der Waals surface area (Å²) < 4.78 is 5.44. The molecule has 1 saturated heterocycles. The number of nitrogens with zero attached hydrogens (tertiary/aromatic N) is 1. The fraction of sp³-hybridized carbons (Fsp3) is 0.462. The van der Waals surface area contributed by atoms with Gasteiger partial charge in [-0.25, -0.2) is 0 Å². The van der Waals surface area contributed by atoms with Gasteiger partial charge in [0.05, 0.1) is 0 Å². The monoisotopic (exact) mass is 217 g/mol. The summed E-state index contributed by atoms with van der Waals surface area (Å²) in [6.45, 7) is 2.06. The van der Waals surface area contributed by atoms with Crippen molar-refractivity contribution in [2.45, 2.75) is 6.42 Å². The van der Waals surface area contributed by atoms with Gasteiger partial charge in [0, 0.05) is 13.1 Å². The molecule has 2 unspecified atom stereocenters. The number of ether oxygens (including phenoxy) is 1. The van der Waals surface area contributed by atoms with Crippen molar-refractivity contribution in [3.63, 3.8) is 0 Å². The van der Waals surface area contributed by atoms with E-state index in [2.05, 4.69) is 0 Å². The number of piperidine rings is 1. The Morgan fingerprint density at radius 3 is 2.62 bits per heavy atom. The number of benzene rings is 1. The van der Waals surface area contributed by atoms with Crippen LogP contribution in [0.5, 0.6) is 5.75 Å². The van der Waals surface area contributed by atoms with E-state index in [0.29, 0.717) is 0 Å². The maximum absolute atomic E-state index is 11.8. The Kier molecular flexibility index (Phi) is 2.31. The lowest BCUT2D eigenvalue weighted by molar-refractivity contribution is -0.132. The van der Waals surface area contributed by atoms with Crippen molar-refractivity contribution in [3.05, 3.63) is 30.3 Å². The van der Waals surface area contributed by atoms with E-state index in [1.54, 1.807) is 0 Å². The summed E-state index contributed by atoms with van der Waals surface area (Å²) in [6.07, 6.45) is 1.32. The van der Waals surface area contributed by atoms with E-state index in [9.17, 15) is 4.79 Å². The molecule has 2 atom stereocenters. The first kappa shape index (κ1) is 9.70. The van der Waals surface area contributed by atoms with Crippen LogP contribution < -0.4 is 4.74 Å². The van der Waals surface area contributed by atoms with Crippen LogP contribution in [0, 0.1) is 11.8 Å². The summed E-state index contributed by atoms with van der Waals surface area (Å²) in [5.41, 5.74) is 0. The zero-order chi connectivity index (χ0) is 11.0. The third-order valence-electron chi connectivity index (χ3n) is 3.44. The highest BCUT2D eigenvalue weighted by molar-refractivity contribution is 5.78. The molecule has 1 heterocycles. The molecule has 0 bridgehead atoms. The fourth-order valence-electron chi connectivity index (χ4n) is 2.35. The number of rotatable bonds is 3. The fourth-order valence-corrected chi connectivity index (χ4v) is 2.35. The normalized spacial score (nSPS) is 26.4. The summed E-state index contributed by atoms with van der Waals surface area (Å²) in [4.78, 5) is 13.7. The van der Waals surface area contributed by atoms with Crippen LogP contribution >= 0.6 is 0 Å². The molecule has 3 nitrogen and oxygen atoms in total. The number of amides is 1. The molecule has 1 aliphatic carbocycles. The number of carbonyl (C=O) groups excluding carboxylic acids is 1. The smallest absolute Gasteiger partial charge is 0.260 e. The highest BCUT2D eigenvalue weighted by Gasteiger charge is 2.46. The van der Waals surface area contributed by atoms with Gasteiger partial charge in [-0.3, -0.25) is 4.79 Å². The minimum atomic E-state index is 0.121. The molecule has 1 saturated carbocycles. The van der Waals surface area contributed by atoms with Crippen molar-refractivity contribution in [2.24, 2.45) is 11.8 Å². The zero-order valence-corrected chi connectivity index (χ0v) is 9.13. The lowest BCUT2D eigenvalue weighted by Gasteiger charge is -2.17. The van der Waals surface area contributed by atoms with Crippen LogP contribution in [0.25, 0.3) is 0 Å². The van der Waals surface area contributed by atoms with Crippen LogP contribution in [0.15, 0.2) is 30.3 Å². The van der Waals surface area contributed by atoms with Gasteiger partial charge in [0.2, 0.25) is 0 Å². The molecule has 84 valence electrons.